The number of aryl methyl sites for hydroxylation is 1. The number of nitrogens with one attached hydrogen (secondary N) is 1. The smallest absolute Gasteiger partial charge is 0.241 e. The number of halogens is 1. The van der Waals surface area contributed by atoms with E-state index >= 15 is 0 Å². The number of rotatable bonds is 4. The number of amides is 1. The van der Waals surface area contributed by atoms with Crippen LogP contribution >= 0.6 is 0 Å². The van der Waals surface area contributed by atoms with Crippen molar-refractivity contribution in [3.63, 3.8) is 0 Å². The van der Waals surface area contributed by atoms with Crippen LogP contribution in [0.3, 0.4) is 0 Å². The van der Waals surface area contributed by atoms with Gasteiger partial charge in [0.1, 0.15) is 5.82 Å². The summed E-state index contributed by atoms with van der Waals surface area (Å²) in [6.45, 7) is 5.76. The molecule has 4 heteroatoms. The second-order valence-electron chi connectivity index (χ2n) is 4.68. The number of carbonyl (C=O) groups excluding carboxylic acids is 1. The molecule has 0 unspecified atom stereocenters. The summed E-state index contributed by atoms with van der Waals surface area (Å²) in [5.74, 6) is -0.176. The first kappa shape index (κ1) is 13.6. The van der Waals surface area contributed by atoms with Crippen molar-refractivity contribution >= 4 is 11.6 Å². The molecule has 0 aliphatic rings. The van der Waals surface area contributed by atoms with Crippen molar-refractivity contribution in [1.82, 2.24) is 0 Å². The summed E-state index contributed by atoms with van der Waals surface area (Å²) >= 11 is 0. The third kappa shape index (κ3) is 4.15. The molecule has 3 nitrogen and oxygen atoms in total. The van der Waals surface area contributed by atoms with E-state index < -0.39 is 6.04 Å². The van der Waals surface area contributed by atoms with Gasteiger partial charge in [-0.1, -0.05) is 13.8 Å². The average molecular weight is 238 g/mol. The first-order chi connectivity index (χ1) is 7.90. The lowest BCUT2D eigenvalue weighted by Gasteiger charge is -2.15. The van der Waals surface area contributed by atoms with Gasteiger partial charge in [-0.25, -0.2) is 4.39 Å². The Morgan fingerprint density at radius 1 is 1.47 bits per heavy atom. The van der Waals surface area contributed by atoms with Crippen molar-refractivity contribution in [2.75, 3.05) is 5.32 Å². The maximum Gasteiger partial charge on any atom is 0.241 e. The van der Waals surface area contributed by atoms with Crippen molar-refractivity contribution in [2.45, 2.75) is 33.2 Å². The summed E-state index contributed by atoms with van der Waals surface area (Å²) in [6.07, 6.45) is 0.631. The number of carbonyl (C=O) groups is 1. The predicted octanol–water partition coefficient (Wildman–Crippen LogP) is 2.45. The third-order valence-corrected chi connectivity index (χ3v) is 2.51. The Hall–Kier alpha value is -1.42. The Bertz CT molecular complexity index is 404. The molecular formula is C13H19FN2O. The second kappa shape index (κ2) is 5.77. The quantitative estimate of drug-likeness (QED) is 0.846. The molecule has 1 rings (SSSR count). The largest absolute Gasteiger partial charge is 0.324 e. The maximum atomic E-state index is 12.9. The number of hydrogen-bond donors (Lipinski definition) is 2. The lowest BCUT2D eigenvalue weighted by atomic mass is 10.0. The number of hydrogen-bond acceptors (Lipinski definition) is 2. The highest BCUT2D eigenvalue weighted by Gasteiger charge is 2.15. The molecule has 17 heavy (non-hydrogen) atoms. The Morgan fingerprint density at radius 3 is 2.65 bits per heavy atom. The Balaban J connectivity index is 2.67. The van der Waals surface area contributed by atoms with Gasteiger partial charge >= 0.3 is 0 Å². The van der Waals surface area contributed by atoms with E-state index in [1.807, 2.05) is 13.8 Å². The van der Waals surface area contributed by atoms with E-state index in [-0.39, 0.29) is 11.7 Å². The van der Waals surface area contributed by atoms with Crippen molar-refractivity contribution in [1.29, 1.82) is 0 Å². The van der Waals surface area contributed by atoms with Crippen LogP contribution in [0.4, 0.5) is 10.1 Å². The molecule has 94 valence electrons. The van der Waals surface area contributed by atoms with E-state index in [0.29, 0.717) is 23.6 Å². The average Bonchev–Trinajstić information content (AvgIpc) is 2.21. The first-order valence-electron chi connectivity index (χ1n) is 5.72. The fourth-order valence-corrected chi connectivity index (χ4v) is 1.61. The molecule has 1 atom stereocenters. The van der Waals surface area contributed by atoms with Crippen molar-refractivity contribution in [2.24, 2.45) is 11.7 Å². The standard InChI is InChI=1S/C13H19FN2O/c1-8(2)6-11(15)13(17)16-12-5-4-10(14)7-9(12)3/h4-5,7-8,11H,6,15H2,1-3H3,(H,16,17)/t11-/m1/s1. The van der Waals surface area contributed by atoms with Gasteiger partial charge in [0, 0.05) is 5.69 Å². The van der Waals surface area contributed by atoms with Crippen molar-refractivity contribution < 1.29 is 9.18 Å². The van der Waals surface area contributed by atoms with Gasteiger partial charge in [-0.2, -0.15) is 0 Å². The molecule has 0 spiro atoms. The number of benzene rings is 1. The van der Waals surface area contributed by atoms with Crippen LogP contribution in [0.5, 0.6) is 0 Å². The summed E-state index contributed by atoms with van der Waals surface area (Å²) in [7, 11) is 0. The van der Waals surface area contributed by atoms with Gasteiger partial charge in [0.25, 0.3) is 0 Å². The first-order valence-corrected chi connectivity index (χ1v) is 5.72. The van der Waals surface area contributed by atoms with Crippen molar-refractivity contribution in [3.8, 4) is 0 Å². The van der Waals surface area contributed by atoms with E-state index in [4.69, 9.17) is 5.73 Å². The van der Waals surface area contributed by atoms with Crippen LogP contribution in [0.1, 0.15) is 25.8 Å². The van der Waals surface area contributed by atoms with E-state index in [1.54, 1.807) is 13.0 Å². The van der Waals surface area contributed by atoms with Gasteiger partial charge in [0.15, 0.2) is 0 Å². The second-order valence-corrected chi connectivity index (χ2v) is 4.68. The minimum Gasteiger partial charge on any atom is -0.324 e. The summed E-state index contributed by atoms with van der Waals surface area (Å²) in [5.41, 5.74) is 7.06. The minimum atomic E-state index is -0.528. The van der Waals surface area contributed by atoms with E-state index in [2.05, 4.69) is 5.32 Å². The van der Waals surface area contributed by atoms with Gasteiger partial charge in [0.2, 0.25) is 5.91 Å². The summed E-state index contributed by atoms with van der Waals surface area (Å²) < 4.78 is 12.9. The SMILES string of the molecule is Cc1cc(F)ccc1NC(=O)[C@H](N)CC(C)C. The van der Waals surface area contributed by atoms with Crippen LogP contribution in [0.15, 0.2) is 18.2 Å². The minimum absolute atomic E-state index is 0.228. The van der Waals surface area contributed by atoms with Crippen LogP contribution in [-0.2, 0) is 4.79 Å². The molecule has 0 saturated heterocycles. The van der Waals surface area contributed by atoms with E-state index in [9.17, 15) is 9.18 Å². The Morgan fingerprint density at radius 2 is 2.12 bits per heavy atom. The van der Waals surface area contributed by atoms with Crippen LogP contribution in [0.25, 0.3) is 0 Å². The third-order valence-electron chi connectivity index (χ3n) is 2.51. The molecule has 1 aromatic rings. The maximum absolute atomic E-state index is 12.9. The highest BCUT2D eigenvalue weighted by atomic mass is 19.1. The highest BCUT2D eigenvalue weighted by Crippen LogP contribution is 2.16. The summed E-state index contributed by atoms with van der Waals surface area (Å²) in [5, 5.41) is 2.71. The molecule has 0 radical (unpaired) electrons. The number of anilines is 1. The molecular weight excluding hydrogens is 219 g/mol. The lowest BCUT2D eigenvalue weighted by molar-refractivity contribution is -0.117. The Kier molecular flexibility index (Phi) is 4.63. The molecule has 0 aliphatic carbocycles. The lowest BCUT2D eigenvalue weighted by Crippen LogP contribution is -2.36. The molecule has 3 N–H and O–H groups in total. The number of nitrogens with two attached hydrogens (primary N) is 1. The van der Waals surface area contributed by atoms with E-state index in [1.165, 1.54) is 12.1 Å². The highest BCUT2D eigenvalue weighted by molar-refractivity contribution is 5.95. The summed E-state index contributed by atoms with van der Waals surface area (Å²) in [6, 6.07) is 3.71. The monoisotopic (exact) mass is 238 g/mol. The van der Waals surface area contributed by atoms with Gasteiger partial charge in [-0.15, -0.1) is 0 Å². The van der Waals surface area contributed by atoms with Crippen LogP contribution in [0.2, 0.25) is 0 Å². The predicted molar refractivity (Wildman–Crippen MR) is 67.2 cm³/mol. The molecule has 0 bridgehead atoms. The molecule has 1 aromatic carbocycles. The van der Waals surface area contributed by atoms with E-state index in [0.717, 1.165) is 0 Å². The van der Waals surface area contributed by atoms with Gasteiger partial charge in [0.05, 0.1) is 6.04 Å². The van der Waals surface area contributed by atoms with Crippen LogP contribution in [0, 0.1) is 18.7 Å². The van der Waals surface area contributed by atoms with Crippen LogP contribution in [-0.4, -0.2) is 11.9 Å². The molecule has 0 fully saturated rings. The van der Waals surface area contributed by atoms with Crippen molar-refractivity contribution in [3.05, 3.63) is 29.6 Å². The van der Waals surface area contributed by atoms with Gasteiger partial charge in [-0.05, 0) is 43.0 Å². The summed E-state index contributed by atoms with van der Waals surface area (Å²) in [4.78, 5) is 11.8. The van der Waals surface area contributed by atoms with Gasteiger partial charge in [-0.3, -0.25) is 4.79 Å². The molecule has 0 saturated carbocycles. The fourth-order valence-electron chi connectivity index (χ4n) is 1.61. The normalized spacial score (nSPS) is 12.6. The zero-order chi connectivity index (χ0) is 13.0. The molecule has 0 heterocycles. The molecule has 0 aliphatic heterocycles. The molecule has 0 aromatic heterocycles. The topological polar surface area (TPSA) is 55.1 Å². The zero-order valence-electron chi connectivity index (χ0n) is 10.5. The molecule has 1 amide bonds. The van der Waals surface area contributed by atoms with Gasteiger partial charge < -0.3 is 11.1 Å². The fraction of sp³-hybridized carbons (Fsp3) is 0.462. The van der Waals surface area contributed by atoms with Crippen LogP contribution < -0.4 is 11.1 Å². The Labute approximate surface area is 101 Å². The zero-order valence-corrected chi connectivity index (χ0v) is 10.5.